The first-order valence-corrected chi connectivity index (χ1v) is 37.4. The van der Waals surface area contributed by atoms with Crippen LogP contribution in [0.2, 0.25) is 0 Å². The standard InChI is InChI=1S/C71H114F13NO34/c1-86-25-32-39-46(93-8)54(101-16)61(108-32)116-41-34(27-88-3)110-63(56(103-18)48(41)95-10)118-43-36(29-90-5)112-65(58(105-20)50(43)97-12)119-44-37(30-91-6)111-64(57(104-19)51(44)98-13)117-42-35(28-89-4)109-62(55(102-17)49(42)96-11)115-40-33(26-87-2)107-60(53(100-15)47(40)94-9)113-38-31(106-59(114-39)52(99-14)45(38)92-7)24-85-23-21-22-66(72,73)67(74,75)68(76,77)69(78,79)70(80,81)71(82,83)84/h21-22,31-65,85H,23-30H2,1-20H3. The van der Waals surface area contributed by atoms with Crippen molar-refractivity contribution >= 4 is 0 Å². The van der Waals surface area contributed by atoms with Gasteiger partial charge in [-0.2, -0.15) is 57.1 Å². The van der Waals surface area contributed by atoms with Crippen LogP contribution in [0, 0.1) is 0 Å². The van der Waals surface area contributed by atoms with Gasteiger partial charge in [0, 0.05) is 155 Å². The lowest BCUT2D eigenvalue weighted by Gasteiger charge is -2.52. The van der Waals surface area contributed by atoms with E-state index in [1.165, 1.54) is 142 Å². The second-order valence-corrected chi connectivity index (χ2v) is 28.5. The van der Waals surface area contributed by atoms with Gasteiger partial charge in [-0.25, -0.2) is 0 Å². The van der Waals surface area contributed by atoms with Gasteiger partial charge in [-0.15, -0.1) is 0 Å². The van der Waals surface area contributed by atoms with Crippen LogP contribution in [-0.4, -0.2) is 446 Å². The molecule has 21 aliphatic heterocycles. The van der Waals surface area contributed by atoms with Gasteiger partial charge < -0.3 is 166 Å². The maximum absolute atomic E-state index is 15.3. The first kappa shape index (κ1) is 102. The van der Waals surface area contributed by atoms with Crippen LogP contribution in [0.5, 0.6) is 0 Å². The predicted octanol–water partition coefficient (Wildman–Crippen LogP) is 2.74. The Morgan fingerprint density at radius 1 is 0.227 bits per heavy atom. The van der Waals surface area contributed by atoms with Crippen LogP contribution in [0.3, 0.4) is 0 Å². The average molecular weight is 1770 g/mol. The van der Waals surface area contributed by atoms with Gasteiger partial charge in [0.15, 0.2) is 44.0 Å². The molecule has 14 bridgehead atoms. The number of nitrogens with one attached hydrogen (secondary N) is 1. The van der Waals surface area contributed by atoms with E-state index in [-0.39, 0.29) is 45.7 Å². The summed E-state index contributed by atoms with van der Waals surface area (Å²) in [6.07, 6.45) is -54.5. The molecule has 0 aromatic heterocycles. The van der Waals surface area contributed by atoms with Crippen LogP contribution in [0.4, 0.5) is 57.1 Å². The summed E-state index contributed by atoms with van der Waals surface area (Å²) in [7, 11) is 26.9. The molecule has 1 N–H and O–H groups in total. The normalized spacial score (nSPS) is 41.0. The first-order valence-electron chi connectivity index (χ1n) is 37.4. The summed E-state index contributed by atoms with van der Waals surface area (Å²) in [5.41, 5.74) is 0. The summed E-state index contributed by atoms with van der Waals surface area (Å²) in [5, 5.41) is 2.52. The number of ether oxygens (including phenoxy) is 34. The van der Waals surface area contributed by atoms with E-state index in [1.807, 2.05) is 0 Å². The van der Waals surface area contributed by atoms with E-state index in [0.29, 0.717) is 0 Å². The van der Waals surface area contributed by atoms with Gasteiger partial charge in [-0.05, 0) is 6.08 Å². The van der Waals surface area contributed by atoms with Crippen molar-refractivity contribution < 1.29 is 218 Å². The third kappa shape index (κ3) is 21.1. The van der Waals surface area contributed by atoms with Gasteiger partial charge in [-0.3, -0.25) is 0 Å². The monoisotopic (exact) mass is 1770 g/mol. The third-order valence-electron chi connectivity index (χ3n) is 21.9. The third-order valence-corrected chi connectivity index (χ3v) is 21.9. The number of rotatable bonds is 35. The fourth-order valence-corrected chi connectivity index (χ4v) is 16.1. The van der Waals surface area contributed by atoms with Crippen molar-refractivity contribution in [2.45, 2.75) is 251 Å². The minimum atomic E-state index is -8.14. The highest BCUT2D eigenvalue weighted by Crippen LogP contribution is 2.61. The number of methoxy groups -OCH3 is 20. The predicted molar refractivity (Wildman–Crippen MR) is 370 cm³/mol. The largest absolute Gasteiger partial charge is 0.460 e. The summed E-state index contributed by atoms with van der Waals surface area (Å²) in [5.74, 6) is -38.4. The van der Waals surface area contributed by atoms with Gasteiger partial charge in [0.1, 0.15) is 171 Å². The van der Waals surface area contributed by atoms with Gasteiger partial charge >= 0.3 is 35.8 Å². The minimum Gasteiger partial charge on any atom is -0.382 e. The van der Waals surface area contributed by atoms with E-state index in [4.69, 9.17) is 161 Å². The Hall–Kier alpha value is -2.57. The van der Waals surface area contributed by atoms with E-state index >= 15 is 17.6 Å². The van der Waals surface area contributed by atoms with Gasteiger partial charge in [0.05, 0.1) is 39.6 Å². The molecule has 0 aliphatic carbocycles. The lowest BCUT2D eigenvalue weighted by atomic mass is 9.93. The maximum Gasteiger partial charge on any atom is 0.460 e. The van der Waals surface area contributed by atoms with Crippen molar-refractivity contribution in [1.82, 2.24) is 5.32 Å². The molecule has 21 aliphatic rings. The molecule has 35 unspecified atom stereocenters. The SMILES string of the molecule is COCC1OC2OC3C(COC)OC(OC4C(COC)OC(OC5C(COC)OC(OC6C(COC)OC(OC7C(COC)OC(OC8C(CNCC=CC(F)(F)C(F)(F)C(F)(F)C(F)(F)C(F)(F)C(F)(F)F)OC(OC1C(OC)C2OC)C(OC)C8OC)C(OC)C7OC)C(OC)C6OC)C(OC)C5OC)C(OC)C4OC)C(OC)C3OC. The number of hydrogen-bond acceptors (Lipinski definition) is 35. The van der Waals surface area contributed by atoms with Crippen molar-refractivity contribution in [2.24, 2.45) is 0 Å². The molecule has 698 valence electrons. The molecule has 35 atom stereocenters. The van der Waals surface area contributed by atoms with Crippen molar-refractivity contribution in [3.05, 3.63) is 12.2 Å². The average Bonchev–Trinajstić information content (AvgIpc) is 0.710. The fourth-order valence-electron chi connectivity index (χ4n) is 16.1. The summed E-state index contributed by atoms with van der Waals surface area (Å²) in [6.45, 7) is -3.33. The number of alkyl halides is 13. The van der Waals surface area contributed by atoms with Crippen LogP contribution in [0.25, 0.3) is 0 Å². The van der Waals surface area contributed by atoms with Crippen LogP contribution in [0.1, 0.15) is 0 Å². The van der Waals surface area contributed by atoms with E-state index in [1.54, 1.807) is 0 Å². The maximum atomic E-state index is 15.3. The zero-order chi connectivity index (χ0) is 88.0. The Morgan fingerprint density at radius 3 is 0.580 bits per heavy atom. The van der Waals surface area contributed by atoms with Crippen LogP contribution in [0.15, 0.2) is 12.2 Å². The van der Waals surface area contributed by atoms with E-state index in [0.717, 1.165) is 0 Å². The highest BCUT2D eigenvalue weighted by atomic mass is 19.4. The van der Waals surface area contributed by atoms with E-state index in [9.17, 15) is 39.5 Å². The summed E-state index contributed by atoms with van der Waals surface area (Å²) < 4.78 is 402. The lowest BCUT2D eigenvalue weighted by Crippen LogP contribution is -2.69. The number of allylic oxidation sites excluding steroid dienone is 1. The molecular formula is C71H114F13NO34. The topological polar surface area (TPSA) is 326 Å². The molecule has 35 nitrogen and oxygen atoms in total. The molecular weight excluding hydrogens is 1660 g/mol. The Kier molecular flexibility index (Phi) is 38.4. The van der Waals surface area contributed by atoms with Crippen molar-refractivity contribution in [2.75, 3.05) is 195 Å². The van der Waals surface area contributed by atoms with Gasteiger partial charge in [-0.1, -0.05) is 6.08 Å². The Bertz CT molecular complexity index is 2970. The summed E-state index contributed by atoms with van der Waals surface area (Å²) >= 11 is 0. The summed E-state index contributed by atoms with van der Waals surface area (Å²) in [4.78, 5) is 0. The Balaban J connectivity index is 1.25. The summed E-state index contributed by atoms with van der Waals surface area (Å²) in [6, 6.07) is 0. The molecule has 0 aromatic carbocycles. The minimum absolute atomic E-state index is 0.0425. The number of halogens is 13. The van der Waals surface area contributed by atoms with Crippen LogP contribution in [-0.2, 0) is 161 Å². The quantitative estimate of drug-likeness (QED) is 0.0541. The van der Waals surface area contributed by atoms with Crippen LogP contribution < -0.4 is 5.32 Å². The highest BCUT2D eigenvalue weighted by Gasteiger charge is 2.90. The van der Waals surface area contributed by atoms with E-state index < -0.39 is 270 Å². The smallest absolute Gasteiger partial charge is 0.382 e. The van der Waals surface area contributed by atoms with Crippen molar-refractivity contribution in [3.63, 3.8) is 0 Å². The molecule has 0 amide bonds. The Morgan fingerprint density at radius 2 is 0.403 bits per heavy atom. The van der Waals surface area contributed by atoms with Gasteiger partial charge in [0.25, 0.3) is 0 Å². The molecule has 21 heterocycles. The molecule has 0 spiro atoms. The molecule has 119 heavy (non-hydrogen) atoms. The van der Waals surface area contributed by atoms with Crippen molar-refractivity contribution in [3.8, 4) is 0 Å². The van der Waals surface area contributed by atoms with Crippen LogP contribution >= 0.6 is 0 Å². The van der Waals surface area contributed by atoms with Gasteiger partial charge in [0.2, 0.25) is 0 Å². The lowest BCUT2D eigenvalue weighted by molar-refractivity contribution is -0.436. The molecule has 21 fully saturated rings. The second-order valence-electron chi connectivity index (χ2n) is 28.5. The molecule has 0 radical (unpaired) electrons. The first-order chi connectivity index (χ1) is 56.6. The molecule has 0 aromatic rings. The Labute approximate surface area is 679 Å². The zero-order valence-corrected chi connectivity index (χ0v) is 69.3. The molecule has 48 heteroatoms. The number of hydrogen-bond donors (Lipinski definition) is 1. The fraction of sp³-hybridized carbons (Fsp3) is 0.972. The highest BCUT2D eigenvalue weighted by molar-refractivity contribution is 5.16. The molecule has 21 rings (SSSR count). The zero-order valence-electron chi connectivity index (χ0n) is 69.3. The van der Waals surface area contributed by atoms with Crippen molar-refractivity contribution in [1.29, 1.82) is 0 Å². The van der Waals surface area contributed by atoms with E-state index in [2.05, 4.69) is 5.32 Å². The molecule has 21 saturated heterocycles. The molecule has 0 saturated carbocycles. The second kappa shape index (κ2) is 44.9.